The maximum atomic E-state index is 13.0. The molecule has 5 fully saturated rings. The van der Waals surface area contributed by atoms with Gasteiger partial charge in [0.1, 0.15) is 17.3 Å². The van der Waals surface area contributed by atoms with Crippen LogP contribution in [-0.4, -0.2) is 48.1 Å². The Kier molecular flexibility index (Phi) is 6.57. The molecule has 3 heterocycles. The first-order valence-electron chi connectivity index (χ1n) is 13.5. The predicted molar refractivity (Wildman–Crippen MR) is 128 cm³/mol. The van der Waals surface area contributed by atoms with Crippen LogP contribution in [0, 0.1) is 23.7 Å². The highest BCUT2D eigenvalue weighted by Crippen LogP contribution is 2.60. The summed E-state index contributed by atoms with van der Waals surface area (Å²) >= 11 is 0. The number of hydrogen-bond acceptors (Lipinski definition) is 7. The topological polar surface area (TPSA) is 99.9 Å². The van der Waals surface area contributed by atoms with E-state index in [1.807, 2.05) is 19.9 Å². The van der Waals surface area contributed by atoms with Gasteiger partial charge in [0.2, 0.25) is 0 Å². The van der Waals surface area contributed by atoms with E-state index >= 15 is 0 Å². The quantitative estimate of drug-likeness (QED) is 0.476. The Bertz CT molecular complexity index is 837. The first kappa shape index (κ1) is 24.3. The normalized spacial score (nSPS) is 47.0. The molecule has 3 N–H and O–H groups in total. The molecule has 9 atom stereocenters. The van der Waals surface area contributed by atoms with E-state index in [4.69, 9.17) is 19.9 Å². The maximum absolute atomic E-state index is 13.0. The highest BCUT2D eigenvalue weighted by Gasteiger charge is 2.66. The second-order valence-electron chi connectivity index (χ2n) is 11.8. The van der Waals surface area contributed by atoms with Gasteiger partial charge in [-0.05, 0) is 102 Å². The zero-order valence-electron chi connectivity index (χ0n) is 21.0. The molecule has 6 unspecified atom stereocenters. The van der Waals surface area contributed by atoms with Gasteiger partial charge in [-0.15, -0.1) is 0 Å². The third kappa shape index (κ3) is 4.11. The average molecular weight is 475 g/mol. The largest absolute Gasteiger partial charge is 0.462 e. The SMILES string of the molecule is CC=C(C)C(=O)O[C@]1(C)CCC[C@@H](C2CCC(N)NC2)[C@@]12CC1CC3CCC(=O)OC3CC1O2. The molecule has 190 valence electrons. The number of ether oxygens (including phenoxy) is 3. The Morgan fingerprint density at radius 2 is 1.97 bits per heavy atom. The fourth-order valence-electron chi connectivity index (χ4n) is 7.83. The molecule has 5 aliphatic rings. The number of esters is 2. The number of carbonyl (C=O) groups is 2. The van der Waals surface area contributed by atoms with Crippen molar-refractivity contribution in [3.05, 3.63) is 11.6 Å². The van der Waals surface area contributed by atoms with Crippen LogP contribution in [0.2, 0.25) is 0 Å². The molecule has 0 bridgehead atoms. The summed E-state index contributed by atoms with van der Waals surface area (Å²) in [5.41, 5.74) is 5.59. The number of carbonyl (C=O) groups excluding carboxylic acids is 2. The van der Waals surface area contributed by atoms with Crippen molar-refractivity contribution in [2.24, 2.45) is 29.4 Å². The molecule has 0 aromatic heterocycles. The highest BCUT2D eigenvalue weighted by molar-refractivity contribution is 5.88. The van der Waals surface area contributed by atoms with E-state index in [2.05, 4.69) is 12.2 Å². The fourth-order valence-corrected chi connectivity index (χ4v) is 7.83. The van der Waals surface area contributed by atoms with Crippen molar-refractivity contribution in [3.8, 4) is 0 Å². The Hall–Kier alpha value is -1.44. The minimum Gasteiger partial charge on any atom is -0.462 e. The molecule has 7 nitrogen and oxygen atoms in total. The third-order valence-electron chi connectivity index (χ3n) is 9.85. The van der Waals surface area contributed by atoms with Crippen LogP contribution >= 0.6 is 0 Å². The third-order valence-corrected chi connectivity index (χ3v) is 9.85. The fraction of sp³-hybridized carbons (Fsp3) is 0.852. The van der Waals surface area contributed by atoms with E-state index in [1.165, 1.54) is 0 Å². The lowest BCUT2D eigenvalue weighted by atomic mass is 9.58. The van der Waals surface area contributed by atoms with Crippen molar-refractivity contribution < 1.29 is 23.8 Å². The number of fused-ring (bicyclic) bond motifs is 2. The van der Waals surface area contributed by atoms with Crippen LogP contribution < -0.4 is 11.1 Å². The summed E-state index contributed by atoms with van der Waals surface area (Å²) in [6.07, 6.45) is 11.0. The van der Waals surface area contributed by atoms with Crippen LogP contribution in [0.4, 0.5) is 0 Å². The number of rotatable bonds is 3. The van der Waals surface area contributed by atoms with Gasteiger partial charge in [0.05, 0.1) is 12.3 Å². The number of nitrogens with one attached hydrogen (secondary N) is 1. The minimum atomic E-state index is -0.685. The van der Waals surface area contributed by atoms with E-state index in [0.717, 1.165) is 64.3 Å². The lowest BCUT2D eigenvalue weighted by Gasteiger charge is -2.55. The highest BCUT2D eigenvalue weighted by atomic mass is 16.6. The molecule has 0 radical (unpaired) electrons. The smallest absolute Gasteiger partial charge is 0.334 e. The standard InChI is InChI=1S/C27H42N2O5/c1-4-16(2)25(31)34-26(3)11-5-6-20(18-7-9-23(28)29-15-18)27(26)14-19-12-17-8-10-24(30)32-21(17)13-22(19)33-27/h4,17-23,29H,5-15,28H2,1-3H3/t17?,18?,19?,20-,21?,22?,23?,26+,27-/m0/s1. The second-order valence-corrected chi connectivity index (χ2v) is 11.8. The van der Waals surface area contributed by atoms with Crippen molar-refractivity contribution in [2.75, 3.05) is 6.54 Å². The summed E-state index contributed by atoms with van der Waals surface area (Å²) in [6.45, 7) is 6.69. The summed E-state index contributed by atoms with van der Waals surface area (Å²) in [7, 11) is 0. The second kappa shape index (κ2) is 9.21. The molecule has 1 spiro atoms. The summed E-state index contributed by atoms with van der Waals surface area (Å²) in [4.78, 5) is 25.0. The number of hydrogen-bond donors (Lipinski definition) is 2. The molecule has 0 amide bonds. The Morgan fingerprint density at radius 3 is 2.71 bits per heavy atom. The molecular weight excluding hydrogens is 432 g/mol. The maximum Gasteiger partial charge on any atom is 0.334 e. The lowest BCUT2D eigenvalue weighted by Crippen LogP contribution is -2.64. The number of allylic oxidation sites excluding steroid dienone is 1. The van der Waals surface area contributed by atoms with Crippen molar-refractivity contribution in [2.45, 2.75) is 115 Å². The van der Waals surface area contributed by atoms with Gasteiger partial charge in [0.15, 0.2) is 0 Å². The van der Waals surface area contributed by atoms with Gasteiger partial charge in [0, 0.05) is 18.4 Å². The molecule has 34 heavy (non-hydrogen) atoms. The number of nitrogens with two attached hydrogens (primary N) is 1. The van der Waals surface area contributed by atoms with E-state index in [9.17, 15) is 9.59 Å². The lowest BCUT2D eigenvalue weighted by molar-refractivity contribution is -0.243. The summed E-state index contributed by atoms with van der Waals surface area (Å²) < 4.78 is 19.3. The molecule has 0 aromatic carbocycles. The van der Waals surface area contributed by atoms with Crippen molar-refractivity contribution in [3.63, 3.8) is 0 Å². The minimum absolute atomic E-state index is 0.0342. The van der Waals surface area contributed by atoms with Crippen molar-refractivity contribution >= 4 is 11.9 Å². The molecular formula is C27H42N2O5. The van der Waals surface area contributed by atoms with Gasteiger partial charge >= 0.3 is 11.9 Å². The van der Waals surface area contributed by atoms with Gasteiger partial charge in [-0.25, -0.2) is 4.79 Å². The zero-order chi connectivity index (χ0) is 24.1. The molecule has 3 saturated heterocycles. The molecule has 5 rings (SSSR count). The van der Waals surface area contributed by atoms with E-state index in [-0.39, 0.29) is 30.3 Å². The van der Waals surface area contributed by atoms with Gasteiger partial charge < -0.3 is 25.3 Å². The number of piperidine rings is 1. The van der Waals surface area contributed by atoms with Crippen LogP contribution in [0.5, 0.6) is 0 Å². The van der Waals surface area contributed by atoms with E-state index < -0.39 is 11.2 Å². The monoisotopic (exact) mass is 474 g/mol. The predicted octanol–water partition coefficient (Wildman–Crippen LogP) is 3.60. The average Bonchev–Trinajstić information content (AvgIpc) is 3.19. The Balaban J connectivity index is 1.47. The van der Waals surface area contributed by atoms with Crippen LogP contribution in [0.1, 0.15) is 85.0 Å². The van der Waals surface area contributed by atoms with Gasteiger partial charge in [-0.1, -0.05) is 6.08 Å². The zero-order valence-corrected chi connectivity index (χ0v) is 21.0. The molecule has 2 saturated carbocycles. The first-order chi connectivity index (χ1) is 16.2. The molecule has 3 aliphatic heterocycles. The summed E-state index contributed by atoms with van der Waals surface area (Å²) in [5, 5.41) is 3.49. The van der Waals surface area contributed by atoms with Crippen LogP contribution in [-0.2, 0) is 23.8 Å². The molecule has 7 heteroatoms. The van der Waals surface area contributed by atoms with Gasteiger partial charge in [0.25, 0.3) is 0 Å². The van der Waals surface area contributed by atoms with Crippen LogP contribution in [0.25, 0.3) is 0 Å². The van der Waals surface area contributed by atoms with E-state index in [0.29, 0.717) is 35.7 Å². The molecule has 2 aliphatic carbocycles. The van der Waals surface area contributed by atoms with Crippen molar-refractivity contribution in [1.82, 2.24) is 5.32 Å². The van der Waals surface area contributed by atoms with Gasteiger partial charge in [-0.3, -0.25) is 4.79 Å². The Labute approximate surface area is 203 Å². The summed E-state index contributed by atoms with van der Waals surface area (Å²) in [6, 6.07) is 0. The van der Waals surface area contributed by atoms with Gasteiger partial charge in [-0.2, -0.15) is 0 Å². The first-order valence-corrected chi connectivity index (χ1v) is 13.5. The van der Waals surface area contributed by atoms with Crippen LogP contribution in [0.15, 0.2) is 11.6 Å². The Morgan fingerprint density at radius 1 is 1.15 bits per heavy atom. The molecule has 0 aromatic rings. The van der Waals surface area contributed by atoms with E-state index in [1.54, 1.807) is 0 Å². The summed E-state index contributed by atoms with van der Waals surface area (Å²) in [5.74, 6) is 1.27. The van der Waals surface area contributed by atoms with Crippen LogP contribution in [0.3, 0.4) is 0 Å². The van der Waals surface area contributed by atoms with Crippen molar-refractivity contribution in [1.29, 1.82) is 0 Å².